The number of nitrogen functional groups attached to an aromatic ring is 1. The molecule has 2 atom stereocenters. The molecule has 6 nitrogen and oxygen atoms in total. The van der Waals surface area contributed by atoms with E-state index in [9.17, 15) is 8.42 Å². The number of hydrogen-bond acceptors (Lipinski definition) is 5. The van der Waals surface area contributed by atoms with E-state index in [-0.39, 0.29) is 16.8 Å². The van der Waals surface area contributed by atoms with Crippen LogP contribution in [0.1, 0.15) is 26.2 Å². The Kier molecular flexibility index (Phi) is 3.90. The summed E-state index contributed by atoms with van der Waals surface area (Å²) in [4.78, 5) is 6.41. The van der Waals surface area contributed by atoms with Crippen molar-refractivity contribution in [1.82, 2.24) is 14.2 Å². The molecule has 0 amide bonds. The fourth-order valence-electron chi connectivity index (χ4n) is 3.39. The van der Waals surface area contributed by atoms with Gasteiger partial charge in [0.25, 0.3) is 10.0 Å². The second-order valence-corrected chi connectivity index (χ2v) is 7.77. The van der Waals surface area contributed by atoms with E-state index in [1.54, 1.807) is 16.4 Å². The molecular formula is C14H22N4O2S. The Balaban J connectivity index is 1.90. The van der Waals surface area contributed by atoms with Crippen molar-refractivity contribution in [3.05, 3.63) is 18.3 Å². The molecule has 1 aromatic rings. The number of fused-ring (bicyclic) bond motifs is 1. The number of nitrogens with two attached hydrogens (primary N) is 1. The van der Waals surface area contributed by atoms with Gasteiger partial charge in [-0.3, -0.25) is 4.90 Å². The summed E-state index contributed by atoms with van der Waals surface area (Å²) in [5.74, 6) is 0. The van der Waals surface area contributed by atoms with Crippen molar-refractivity contribution < 1.29 is 8.42 Å². The molecule has 2 N–H and O–H groups in total. The summed E-state index contributed by atoms with van der Waals surface area (Å²) in [6.07, 6.45) is 4.93. The number of anilines is 1. The standard InChI is InChI=1S/C14H22N4O2S/c1-11-9-17-8-3-2-5-12(17)10-18(11)21(19,20)14-13(15)6-4-7-16-14/h4,6-7,11-12H,2-3,5,8-10,15H2,1H3. The minimum Gasteiger partial charge on any atom is -0.396 e. The predicted molar refractivity (Wildman–Crippen MR) is 81.2 cm³/mol. The van der Waals surface area contributed by atoms with Crippen molar-refractivity contribution in [3.8, 4) is 0 Å². The van der Waals surface area contributed by atoms with Crippen molar-refractivity contribution in [3.63, 3.8) is 0 Å². The molecular weight excluding hydrogens is 288 g/mol. The van der Waals surface area contributed by atoms with Crippen LogP contribution < -0.4 is 5.73 Å². The van der Waals surface area contributed by atoms with Crippen molar-refractivity contribution >= 4 is 15.7 Å². The van der Waals surface area contributed by atoms with Crippen LogP contribution in [0, 0.1) is 0 Å². The highest BCUT2D eigenvalue weighted by atomic mass is 32.2. The lowest BCUT2D eigenvalue weighted by Gasteiger charge is -2.46. The maximum Gasteiger partial charge on any atom is 0.262 e. The summed E-state index contributed by atoms with van der Waals surface area (Å²) in [7, 11) is -3.62. The summed E-state index contributed by atoms with van der Waals surface area (Å²) in [6, 6.07) is 3.51. The van der Waals surface area contributed by atoms with Gasteiger partial charge in [-0.15, -0.1) is 0 Å². The van der Waals surface area contributed by atoms with Gasteiger partial charge in [-0.05, 0) is 38.4 Å². The minimum absolute atomic E-state index is 0.0129. The predicted octanol–water partition coefficient (Wildman–Crippen LogP) is 0.911. The molecule has 0 bridgehead atoms. The molecule has 21 heavy (non-hydrogen) atoms. The average Bonchev–Trinajstić information content (AvgIpc) is 2.46. The van der Waals surface area contributed by atoms with E-state index >= 15 is 0 Å². The zero-order valence-electron chi connectivity index (χ0n) is 12.3. The number of pyridine rings is 1. The third kappa shape index (κ3) is 2.65. The minimum atomic E-state index is -3.62. The van der Waals surface area contributed by atoms with E-state index in [0.29, 0.717) is 12.6 Å². The molecule has 2 fully saturated rings. The number of rotatable bonds is 2. The maximum atomic E-state index is 12.9. The number of piperazine rings is 1. The van der Waals surface area contributed by atoms with E-state index in [0.717, 1.165) is 19.5 Å². The molecule has 1 aromatic heterocycles. The van der Waals surface area contributed by atoms with E-state index < -0.39 is 10.0 Å². The van der Waals surface area contributed by atoms with Crippen molar-refractivity contribution in [2.75, 3.05) is 25.4 Å². The Labute approximate surface area is 126 Å². The van der Waals surface area contributed by atoms with E-state index in [1.807, 2.05) is 6.92 Å². The Bertz CT molecular complexity index is 619. The lowest BCUT2D eigenvalue weighted by molar-refractivity contribution is 0.0563. The van der Waals surface area contributed by atoms with Gasteiger partial charge in [0.1, 0.15) is 0 Å². The zero-order chi connectivity index (χ0) is 15.0. The molecule has 2 aliphatic heterocycles. The Morgan fingerprint density at radius 1 is 1.33 bits per heavy atom. The lowest BCUT2D eigenvalue weighted by atomic mass is 9.99. The summed E-state index contributed by atoms with van der Waals surface area (Å²) < 4.78 is 27.3. The van der Waals surface area contributed by atoms with Crippen LogP contribution in [0.25, 0.3) is 0 Å². The van der Waals surface area contributed by atoms with Crippen LogP contribution in [-0.4, -0.2) is 54.3 Å². The quantitative estimate of drug-likeness (QED) is 0.878. The van der Waals surface area contributed by atoms with Gasteiger partial charge < -0.3 is 5.73 Å². The largest absolute Gasteiger partial charge is 0.396 e. The second-order valence-electron chi connectivity index (χ2n) is 5.97. The van der Waals surface area contributed by atoms with Crippen LogP contribution in [0.2, 0.25) is 0 Å². The maximum absolute atomic E-state index is 12.9. The summed E-state index contributed by atoms with van der Waals surface area (Å²) in [5, 5.41) is -0.0129. The van der Waals surface area contributed by atoms with Crippen LogP contribution in [0.3, 0.4) is 0 Å². The molecule has 0 saturated carbocycles. The fraction of sp³-hybridized carbons (Fsp3) is 0.643. The van der Waals surface area contributed by atoms with Gasteiger partial charge in [-0.25, -0.2) is 13.4 Å². The Morgan fingerprint density at radius 3 is 2.90 bits per heavy atom. The molecule has 7 heteroatoms. The van der Waals surface area contributed by atoms with Gasteiger partial charge in [0, 0.05) is 31.4 Å². The van der Waals surface area contributed by atoms with Crippen LogP contribution >= 0.6 is 0 Å². The molecule has 0 radical (unpaired) electrons. The SMILES string of the molecule is CC1CN2CCCCC2CN1S(=O)(=O)c1ncccc1N. The third-order valence-corrected chi connectivity index (χ3v) is 6.44. The number of sulfonamides is 1. The fourth-order valence-corrected chi connectivity index (χ4v) is 5.08. The molecule has 3 rings (SSSR count). The molecule has 116 valence electrons. The smallest absolute Gasteiger partial charge is 0.262 e. The molecule has 0 spiro atoms. The first kappa shape index (κ1) is 14.7. The molecule has 3 heterocycles. The summed E-state index contributed by atoms with van der Waals surface area (Å²) >= 11 is 0. The molecule has 0 aromatic carbocycles. The Hall–Kier alpha value is -1.18. The van der Waals surface area contributed by atoms with Crippen LogP contribution in [0.15, 0.2) is 23.4 Å². The second kappa shape index (κ2) is 5.55. The van der Waals surface area contributed by atoms with Crippen molar-refractivity contribution in [2.24, 2.45) is 0 Å². The van der Waals surface area contributed by atoms with Gasteiger partial charge in [0.2, 0.25) is 0 Å². The Morgan fingerprint density at radius 2 is 2.14 bits per heavy atom. The first-order valence-corrected chi connectivity index (χ1v) is 8.90. The third-order valence-electron chi connectivity index (χ3n) is 4.48. The molecule has 2 aliphatic rings. The van der Waals surface area contributed by atoms with Gasteiger partial charge >= 0.3 is 0 Å². The monoisotopic (exact) mass is 310 g/mol. The summed E-state index contributed by atoms with van der Waals surface area (Å²) in [6.45, 7) is 4.37. The lowest BCUT2D eigenvalue weighted by Crippen LogP contribution is -2.60. The number of hydrogen-bond donors (Lipinski definition) is 1. The van der Waals surface area contributed by atoms with Crippen molar-refractivity contribution in [2.45, 2.75) is 43.3 Å². The van der Waals surface area contributed by atoms with E-state index in [4.69, 9.17) is 5.73 Å². The van der Waals surface area contributed by atoms with Gasteiger partial charge in [-0.1, -0.05) is 6.42 Å². The molecule has 2 unspecified atom stereocenters. The molecule has 2 saturated heterocycles. The van der Waals surface area contributed by atoms with Crippen LogP contribution in [0.4, 0.5) is 5.69 Å². The molecule has 0 aliphatic carbocycles. The summed E-state index contributed by atoms with van der Waals surface area (Å²) in [5.41, 5.74) is 6.03. The normalized spacial score (nSPS) is 28.2. The number of aromatic nitrogens is 1. The van der Waals surface area contributed by atoms with E-state index in [1.165, 1.54) is 19.0 Å². The first-order chi connectivity index (χ1) is 10.00. The number of piperidine rings is 1. The topological polar surface area (TPSA) is 79.5 Å². The number of nitrogens with zero attached hydrogens (tertiary/aromatic N) is 3. The van der Waals surface area contributed by atoms with Gasteiger partial charge in [-0.2, -0.15) is 4.31 Å². The van der Waals surface area contributed by atoms with Crippen molar-refractivity contribution in [1.29, 1.82) is 0 Å². The van der Waals surface area contributed by atoms with Gasteiger partial charge in [0.05, 0.1) is 5.69 Å². The first-order valence-electron chi connectivity index (χ1n) is 7.46. The van der Waals surface area contributed by atoms with Crippen LogP contribution in [0.5, 0.6) is 0 Å². The average molecular weight is 310 g/mol. The zero-order valence-corrected chi connectivity index (χ0v) is 13.1. The van der Waals surface area contributed by atoms with Crippen LogP contribution in [-0.2, 0) is 10.0 Å². The van der Waals surface area contributed by atoms with E-state index in [2.05, 4.69) is 9.88 Å². The highest BCUT2D eigenvalue weighted by molar-refractivity contribution is 7.89. The highest BCUT2D eigenvalue weighted by Gasteiger charge is 2.40. The highest BCUT2D eigenvalue weighted by Crippen LogP contribution is 2.29. The van der Waals surface area contributed by atoms with Gasteiger partial charge in [0.15, 0.2) is 5.03 Å².